The van der Waals surface area contributed by atoms with Gasteiger partial charge in [0.1, 0.15) is 6.61 Å². The fourth-order valence-electron chi connectivity index (χ4n) is 12.6. The number of nitrogens with zero attached hydrogens (tertiary/aromatic N) is 4. The highest BCUT2D eigenvalue weighted by molar-refractivity contribution is 6.12. The van der Waals surface area contributed by atoms with Crippen LogP contribution in [-0.4, -0.2) is 167 Å². The van der Waals surface area contributed by atoms with Crippen LogP contribution in [0.1, 0.15) is 170 Å². The molecule has 0 aliphatic carbocycles. The van der Waals surface area contributed by atoms with Crippen LogP contribution in [0.2, 0.25) is 0 Å². The minimum absolute atomic E-state index is 0.0179. The van der Waals surface area contributed by atoms with Crippen LogP contribution in [-0.2, 0) is 59.2 Å². The Hall–Kier alpha value is -7.53. The molecule has 4 rings (SSSR count). The van der Waals surface area contributed by atoms with Crippen LogP contribution < -0.4 is 27.0 Å². The Labute approximate surface area is 550 Å². The molecule has 7 N–H and O–H groups in total. The fourth-order valence-corrected chi connectivity index (χ4v) is 12.6. The molecule has 2 heterocycles. The summed E-state index contributed by atoms with van der Waals surface area (Å²) in [5.74, 6) is -6.29. The summed E-state index contributed by atoms with van der Waals surface area (Å²) >= 11 is 0. The van der Waals surface area contributed by atoms with Gasteiger partial charge in [0.25, 0.3) is 11.8 Å². The second kappa shape index (κ2) is 38.0. The normalized spacial score (nSPS) is 17.5. The number of ketones is 2. The Morgan fingerprint density at radius 2 is 1.39 bits per heavy atom. The van der Waals surface area contributed by atoms with Crippen molar-refractivity contribution in [2.75, 3.05) is 46.2 Å². The van der Waals surface area contributed by atoms with E-state index in [-0.39, 0.29) is 134 Å². The third-order valence-corrected chi connectivity index (χ3v) is 18.7. The number of rotatable bonds is 39. The number of primary amides is 1. The summed E-state index contributed by atoms with van der Waals surface area (Å²) in [5.41, 5.74) is 6.91. The lowest BCUT2D eigenvalue weighted by molar-refractivity contribution is -0.148. The highest BCUT2D eigenvalue weighted by Crippen LogP contribution is 2.33. The van der Waals surface area contributed by atoms with Gasteiger partial charge in [-0.15, -0.1) is 0 Å². The molecule has 12 atom stereocenters. The van der Waals surface area contributed by atoms with Crippen molar-refractivity contribution in [3.8, 4) is 0 Å². The predicted octanol–water partition coefficient (Wildman–Crippen LogP) is 7.88. The van der Waals surface area contributed by atoms with Crippen molar-refractivity contribution in [2.45, 2.75) is 202 Å². The van der Waals surface area contributed by atoms with E-state index in [0.29, 0.717) is 61.9 Å². The SMILES string of the molecule is CC[C@H](C)[C@@H]([C@@H](CC(=O)N1CCC[C@H]1[C@H](C)[C@@H](C)C(=O)N[C@H](C)[C@@H](O)c1ccccc1)OC)N(C)C(=O)[C@@H](CC(=O)[C@H](C(C)C)N(C)C(=O)OCc1ccc(NC(=O)C(CCCNC(N)=O)CC(=O)[C@@H](NC(=O)CCCCCN2C(=O)C=CC2=O)C(C)C)cc1)C(C)C. The van der Waals surface area contributed by atoms with Gasteiger partial charge in [0.15, 0.2) is 11.6 Å². The van der Waals surface area contributed by atoms with Crippen molar-refractivity contribution in [1.29, 1.82) is 0 Å². The van der Waals surface area contributed by atoms with Crippen molar-refractivity contribution >= 4 is 70.7 Å². The summed E-state index contributed by atoms with van der Waals surface area (Å²) in [6.45, 7) is 21.3. The van der Waals surface area contributed by atoms with E-state index < -0.39 is 72.2 Å². The van der Waals surface area contributed by atoms with E-state index in [4.69, 9.17) is 15.2 Å². The number of urea groups is 1. The summed E-state index contributed by atoms with van der Waals surface area (Å²) in [6, 6.07) is 11.8. The van der Waals surface area contributed by atoms with Gasteiger partial charge in [-0.1, -0.05) is 125 Å². The van der Waals surface area contributed by atoms with Crippen molar-refractivity contribution in [3.63, 3.8) is 0 Å². The molecule has 516 valence electrons. The molecular weight excluding hydrogens is 1190 g/mol. The fraction of sp³-hybridized carbons (Fsp3) is 0.643. The second-order valence-electron chi connectivity index (χ2n) is 26.5. The maximum atomic E-state index is 14.9. The molecule has 1 saturated heterocycles. The van der Waals surface area contributed by atoms with E-state index in [9.17, 15) is 57.8 Å². The Bertz CT molecular complexity index is 2850. The third-order valence-electron chi connectivity index (χ3n) is 18.7. The molecule has 23 nitrogen and oxygen atoms in total. The van der Waals surface area contributed by atoms with Crippen LogP contribution in [0.5, 0.6) is 0 Å². The number of unbranched alkanes of at least 4 members (excludes halogenated alkanes) is 2. The molecule has 0 spiro atoms. The topological polar surface area (TPSA) is 314 Å². The van der Waals surface area contributed by atoms with Crippen LogP contribution in [0.4, 0.5) is 15.3 Å². The van der Waals surface area contributed by atoms with E-state index in [1.165, 1.54) is 31.2 Å². The number of carbonyl (C=O) groups is 11. The minimum atomic E-state index is -0.959. The largest absolute Gasteiger partial charge is 0.445 e. The molecular formula is C70H107N9O14. The second-order valence-corrected chi connectivity index (χ2v) is 26.5. The van der Waals surface area contributed by atoms with E-state index in [1.807, 2.05) is 90.6 Å². The first-order valence-electron chi connectivity index (χ1n) is 33.3. The standard InChI is InChI=1S/C70H107N9O14/c1-15-45(8)64(57(92-14)40-61(85)78-37-23-27-54(78)46(9)47(10)66(87)73-48(11)65(86)50-24-18-16-19-25-50)76(12)68(89)53(42(2)3)39-56(81)63(44(6)7)77(13)70(91)93-41-49-29-31-52(32-30-49)74-67(88)51(26-22-35-72-69(71)90)38-55(80)62(43(4)5)75-58(82)28-20-17-21-36-79-59(83)33-34-60(79)84/h16,18-19,24-25,29-34,42-48,51,53-54,57,62-65,86H,15,17,20-23,26-28,35-41H2,1-14H3,(H,73,87)(H,74,88)(H,75,82)(H3,71,72,90)/t45-,46+,47+,48+,51?,53-,54-,57+,62-,63-,64-,65+/m0/s1. The number of amides is 10. The average molecular weight is 1300 g/mol. The van der Waals surface area contributed by atoms with E-state index in [2.05, 4.69) is 21.3 Å². The maximum Gasteiger partial charge on any atom is 0.410 e. The van der Waals surface area contributed by atoms with Crippen molar-refractivity contribution in [3.05, 3.63) is 77.9 Å². The molecule has 93 heavy (non-hydrogen) atoms. The van der Waals surface area contributed by atoms with Gasteiger partial charge in [-0.05, 0) is 98.3 Å². The summed E-state index contributed by atoms with van der Waals surface area (Å²) in [7, 11) is 4.71. The summed E-state index contributed by atoms with van der Waals surface area (Å²) in [4.78, 5) is 153. The van der Waals surface area contributed by atoms with Crippen LogP contribution in [0.3, 0.4) is 0 Å². The number of Topliss-reactive ketones (excluding diaryl/α,β-unsaturated/α-hetero) is 2. The molecule has 10 amide bonds. The number of aliphatic hydroxyl groups excluding tert-OH is 1. The lowest BCUT2D eigenvalue weighted by atomic mass is 9.83. The molecule has 0 bridgehead atoms. The number of nitrogens with one attached hydrogen (secondary N) is 4. The smallest absolute Gasteiger partial charge is 0.410 e. The first-order valence-corrected chi connectivity index (χ1v) is 33.3. The third kappa shape index (κ3) is 23.2. The Balaban J connectivity index is 1.36. The van der Waals surface area contributed by atoms with Gasteiger partial charge in [0.2, 0.25) is 29.5 Å². The van der Waals surface area contributed by atoms with Gasteiger partial charge >= 0.3 is 12.1 Å². The number of likely N-dealkylation sites (tertiary alicyclic amines) is 1. The van der Waals surface area contributed by atoms with Gasteiger partial charge in [0, 0.05) is 102 Å². The monoisotopic (exact) mass is 1300 g/mol. The van der Waals surface area contributed by atoms with Crippen LogP contribution in [0.15, 0.2) is 66.7 Å². The number of anilines is 1. The molecule has 0 saturated carbocycles. The number of imide groups is 1. The molecule has 1 fully saturated rings. The van der Waals surface area contributed by atoms with Gasteiger partial charge in [-0.25, -0.2) is 9.59 Å². The van der Waals surface area contributed by atoms with Gasteiger partial charge < -0.3 is 56.3 Å². The van der Waals surface area contributed by atoms with Crippen molar-refractivity contribution in [1.82, 2.24) is 35.6 Å². The predicted molar refractivity (Wildman–Crippen MR) is 354 cm³/mol. The molecule has 1 unspecified atom stereocenters. The number of aliphatic hydroxyl groups is 1. The zero-order chi connectivity index (χ0) is 69.4. The molecule has 23 heteroatoms. The first kappa shape index (κ1) is 77.9. The zero-order valence-electron chi connectivity index (χ0n) is 57.4. The van der Waals surface area contributed by atoms with Crippen molar-refractivity contribution in [2.24, 2.45) is 53.1 Å². The number of carbonyl (C=O) groups excluding carboxylic acids is 11. The number of hydrogen-bond donors (Lipinski definition) is 6. The number of ether oxygens (including phenoxy) is 2. The zero-order valence-corrected chi connectivity index (χ0v) is 57.4. The molecule has 2 aliphatic heterocycles. The van der Waals surface area contributed by atoms with Crippen LogP contribution in [0.25, 0.3) is 0 Å². The van der Waals surface area contributed by atoms with Crippen LogP contribution >= 0.6 is 0 Å². The van der Waals surface area contributed by atoms with E-state index in [0.717, 1.165) is 11.3 Å². The van der Waals surface area contributed by atoms with E-state index in [1.54, 1.807) is 57.0 Å². The molecule has 2 aromatic carbocycles. The van der Waals surface area contributed by atoms with Crippen molar-refractivity contribution < 1.29 is 67.3 Å². The molecule has 0 radical (unpaired) electrons. The van der Waals surface area contributed by atoms with Gasteiger partial charge in [0.05, 0.1) is 42.8 Å². The van der Waals surface area contributed by atoms with Crippen LogP contribution in [0, 0.1) is 47.3 Å². The summed E-state index contributed by atoms with van der Waals surface area (Å²) in [5, 5.41) is 22.1. The van der Waals surface area contributed by atoms with Gasteiger partial charge in [-0.3, -0.25) is 48.1 Å². The van der Waals surface area contributed by atoms with E-state index >= 15 is 0 Å². The summed E-state index contributed by atoms with van der Waals surface area (Å²) < 4.78 is 11.9. The maximum absolute atomic E-state index is 14.9. The Morgan fingerprint density at radius 1 is 0.742 bits per heavy atom. The lowest BCUT2D eigenvalue weighted by Crippen LogP contribution is -2.54. The Kier molecular flexibility index (Phi) is 31.8. The number of hydrogen-bond acceptors (Lipinski definition) is 14. The molecule has 0 aromatic heterocycles. The first-order chi connectivity index (χ1) is 43.9. The molecule has 2 aromatic rings. The minimum Gasteiger partial charge on any atom is -0.445 e. The highest BCUT2D eigenvalue weighted by Gasteiger charge is 2.43. The number of benzene rings is 2. The Morgan fingerprint density at radius 3 is 1.97 bits per heavy atom. The summed E-state index contributed by atoms with van der Waals surface area (Å²) in [6.07, 6.45) is 4.02. The average Bonchev–Trinajstić information content (AvgIpc) is 1.79. The number of methoxy groups -OCH3 is 1. The number of nitrogens with two attached hydrogens (primary N) is 1. The number of likely N-dealkylation sites (N-methyl/N-ethyl adjacent to an activating group) is 2. The quantitative estimate of drug-likeness (QED) is 0.0274. The molecule has 2 aliphatic rings. The van der Waals surface area contributed by atoms with Gasteiger partial charge in [-0.2, -0.15) is 0 Å². The lowest BCUT2D eigenvalue weighted by Gasteiger charge is -2.41. The highest BCUT2D eigenvalue weighted by atomic mass is 16.6.